The van der Waals surface area contributed by atoms with Gasteiger partial charge in [0.2, 0.25) is 0 Å². The number of aliphatic hydroxyl groups is 1. The topological polar surface area (TPSA) is 85.7 Å². The molecule has 0 bridgehead atoms. The predicted molar refractivity (Wildman–Crippen MR) is 130 cm³/mol. The Morgan fingerprint density at radius 2 is 2.16 bits per heavy atom. The fourth-order valence-electron chi connectivity index (χ4n) is 2.20. The van der Waals surface area contributed by atoms with Crippen LogP contribution in [0.3, 0.4) is 0 Å². The molecule has 0 aliphatic rings. The van der Waals surface area contributed by atoms with Gasteiger partial charge in [-0.15, -0.1) is 0 Å². The number of aliphatic hydroxyl groups excluding tert-OH is 1. The zero-order valence-corrected chi connectivity index (χ0v) is 20.0. The van der Waals surface area contributed by atoms with Crippen molar-refractivity contribution in [2.75, 3.05) is 30.2 Å². The summed E-state index contributed by atoms with van der Waals surface area (Å²) >= 11 is 8.41. The molecular formula is C20H26ClFN6OS2. The maximum atomic E-state index is 14.2. The first-order valence-corrected chi connectivity index (χ1v) is 11.7. The molecule has 0 amide bonds. The van der Waals surface area contributed by atoms with Gasteiger partial charge in [0.1, 0.15) is 22.5 Å². The van der Waals surface area contributed by atoms with E-state index < -0.39 is 5.82 Å². The van der Waals surface area contributed by atoms with Crippen molar-refractivity contribution in [1.82, 2.24) is 14.9 Å². The van der Waals surface area contributed by atoms with Gasteiger partial charge >= 0.3 is 0 Å². The fraction of sp³-hybridized carbons (Fsp3) is 0.350. The Labute approximate surface area is 195 Å². The highest BCUT2D eigenvalue weighted by Gasteiger charge is 2.12. The predicted octanol–water partition coefficient (Wildman–Crippen LogP) is 4.87. The number of benzene rings is 1. The lowest BCUT2D eigenvalue weighted by molar-refractivity contribution is 0.281. The van der Waals surface area contributed by atoms with Crippen LogP contribution in [0.5, 0.6) is 0 Å². The summed E-state index contributed by atoms with van der Waals surface area (Å²) in [4.78, 5) is 15.0. The number of hydrogen-bond donors (Lipinski definition) is 3. The molecule has 0 fully saturated rings. The van der Waals surface area contributed by atoms with Crippen molar-refractivity contribution in [2.45, 2.75) is 30.8 Å². The molecule has 0 aliphatic carbocycles. The second kappa shape index (κ2) is 12.7. The van der Waals surface area contributed by atoms with Crippen LogP contribution >= 0.6 is 35.3 Å². The second-order valence-electron chi connectivity index (χ2n) is 6.55. The number of aliphatic imine (C=N–C) groups is 1. The molecule has 0 saturated carbocycles. The van der Waals surface area contributed by atoms with Crippen molar-refractivity contribution in [3.8, 4) is 0 Å². The zero-order valence-electron chi connectivity index (χ0n) is 17.6. The Kier molecular flexibility index (Phi) is 10.4. The second-order valence-corrected chi connectivity index (χ2v) is 8.73. The Bertz CT molecular complexity index is 917. The summed E-state index contributed by atoms with van der Waals surface area (Å²) in [5, 5.41) is 13.7. The molecule has 1 heterocycles. The summed E-state index contributed by atoms with van der Waals surface area (Å²) < 4.78 is 17.3. The van der Waals surface area contributed by atoms with E-state index in [0.717, 1.165) is 6.54 Å². The normalized spacial score (nSPS) is 12.4. The van der Waals surface area contributed by atoms with Gasteiger partial charge in [-0.25, -0.2) is 14.4 Å². The van der Waals surface area contributed by atoms with Crippen molar-refractivity contribution in [3.63, 3.8) is 0 Å². The summed E-state index contributed by atoms with van der Waals surface area (Å²) in [5.41, 5.74) is 0.468. The monoisotopic (exact) mass is 484 g/mol. The minimum absolute atomic E-state index is 0.0473. The molecule has 0 spiro atoms. The third-order valence-corrected chi connectivity index (χ3v) is 5.95. The lowest BCUT2D eigenvalue weighted by Crippen LogP contribution is -2.20. The molecule has 168 valence electrons. The highest BCUT2D eigenvalue weighted by molar-refractivity contribution is 8.04. The maximum Gasteiger partial charge on any atom is 0.191 e. The van der Waals surface area contributed by atoms with Gasteiger partial charge in [0.25, 0.3) is 0 Å². The highest BCUT2D eigenvalue weighted by atomic mass is 35.5. The number of thioether (sulfide) groups is 1. The smallest absolute Gasteiger partial charge is 0.191 e. The van der Waals surface area contributed by atoms with E-state index in [1.807, 2.05) is 32.0 Å². The fourth-order valence-corrected chi connectivity index (χ4v) is 3.84. The van der Waals surface area contributed by atoms with Gasteiger partial charge < -0.3 is 20.0 Å². The van der Waals surface area contributed by atoms with Crippen molar-refractivity contribution in [2.24, 2.45) is 4.99 Å². The number of nitrogens with one attached hydrogen (secondary N) is 2. The Balaban J connectivity index is 2.20. The average Bonchev–Trinajstić information content (AvgIpc) is 2.77. The molecule has 0 radical (unpaired) electrons. The third kappa shape index (κ3) is 8.21. The Hall–Kier alpha value is -2.01. The van der Waals surface area contributed by atoms with Crippen LogP contribution in [0, 0.1) is 5.82 Å². The molecule has 1 atom stereocenters. The third-order valence-electron chi connectivity index (χ3n) is 4.01. The number of anilines is 2. The van der Waals surface area contributed by atoms with Crippen LogP contribution in [0.1, 0.15) is 19.4 Å². The van der Waals surface area contributed by atoms with Crippen molar-refractivity contribution in [1.29, 1.82) is 0 Å². The van der Waals surface area contributed by atoms with E-state index >= 15 is 0 Å². The lowest BCUT2D eigenvalue weighted by Gasteiger charge is -2.15. The van der Waals surface area contributed by atoms with Gasteiger partial charge in [0.05, 0.1) is 11.6 Å². The van der Waals surface area contributed by atoms with E-state index in [2.05, 4.69) is 31.7 Å². The SMILES string of the molecule is C=N/C(=C\N(C)CC)SNc1cc(N[C@H](C)CO)nc(SCc2cccc(Cl)c2F)n1. The Morgan fingerprint density at radius 1 is 1.42 bits per heavy atom. The minimum atomic E-state index is -0.444. The van der Waals surface area contributed by atoms with E-state index in [1.54, 1.807) is 18.2 Å². The number of nitrogens with zero attached hydrogens (tertiary/aromatic N) is 4. The molecule has 1 aromatic heterocycles. The van der Waals surface area contributed by atoms with Crippen LogP contribution in [0.4, 0.5) is 16.0 Å². The average molecular weight is 485 g/mol. The van der Waals surface area contributed by atoms with E-state index in [4.69, 9.17) is 11.6 Å². The minimum Gasteiger partial charge on any atom is -0.394 e. The standard InChI is InChI=1S/C20H26ClFN6OS2/c1-5-28(4)10-18(23-3)31-27-17-9-16(24-13(2)11-29)25-20(26-17)30-12-14-7-6-8-15(21)19(14)22/h6-10,13,29H,3,5,11-12H2,1-2,4H3,(H2,24,25,26,27)/b18-10+/t13-/m1/s1. The summed E-state index contributed by atoms with van der Waals surface area (Å²) in [7, 11) is 1.94. The van der Waals surface area contributed by atoms with Crippen LogP contribution in [0.2, 0.25) is 5.02 Å². The van der Waals surface area contributed by atoms with Gasteiger partial charge in [-0.1, -0.05) is 35.5 Å². The van der Waals surface area contributed by atoms with E-state index in [0.29, 0.717) is 33.1 Å². The van der Waals surface area contributed by atoms with Gasteiger partial charge in [-0.3, -0.25) is 4.99 Å². The number of aromatic nitrogens is 2. The molecule has 0 saturated heterocycles. The zero-order chi connectivity index (χ0) is 22.8. The van der Waals surface area contributed by atoms with Crippen LogP contribution < -0.4 is 10.0 Å². The lowest BCUT2D eigenvalue weighted by atomic mass is 10.2. The molecule has 3 N–H and O–H groups in total. The molecular weight excluding hydrogens is 459 g/mol. The quantitative estimate of drug-likeness (QED) is 0.170. The van der Waals surface area contributed by atoms with E-state index in [-0.39, 0.29) is 17.7 Å². The van der Waals surface area contributed by atoms with Crippen LogP contribution in [0.15, 0.2) is 45.6 Å². The molecule has 7 nitrogen and oxygen atoms in total. The molecule has 0 unspecified atom stereocenters. The summed E-state index contributed by atoms with van der Waals surface area (Å²) in [6, 6.07) is 6.43. The molecule has 0 aliphatic heterocycles. The molecule has 31 heavy (non-hydrogen) atoms. The van der Waals surface area contributed by atoms with Crippen LogP contribution in [-0.4, -0.2) is 52.9 Å². The van der Waals surface area contributed by atoms with Crippen molar-refractivity contribution in [3.05, 3.63) is 51.9 Å². The first-order valence-electron chi connectivity index (χ1n) is 9.50. The molecule has 2 aromatic rings. The first-order chi connectivity index (χ1) is 14.9. The first kappa shape index (κ1) is 25.3. The van der Waals surface area contributed by atoms with Crippen LogP contribution in [-0.2, 0) is 5.75 Å². The van der Waals surface area contributed by atoms with E-state index in [9.17, 15) is 9.50 Å². The molecule has 11 heteroatoms. The van der Waals surface area contributed by atoms with Gasteiger partial charge in [0.15, 0.2) is 5.16 Å². The van der Waals surface area contributed by atoms with Crippen molar-refractivity contribution < 1.29 is 9.50 Å². The van der Waals surface area contributed by atoms with Gasteiger partial charge in [-0.05, 0) is 32.2 Å². The molecule has 1 aromatic carbocycles. The summed E-state index contributed by atoms with van der Waals surface area (Å²) in [5.74, 6) is 0.950. The number of halogens is 2. The molecule has 2 rings (SSSR count). The van der Waals surface area contributed by atoms with Gasteiger partial charge in [0, 0.05) is 49.6 Å². The highest BCUT2D eigenvalue weighted by Crippen LogP contribution is 2.28. The van der Waals surface area contributed by atoms with Gasteiger partial charge in [-0.2, -0.15) is 0 Å². The summed E-state index contributed by atoms with van der Waals surface area (Å²) in [6.07, 6.45) is 1.87. The maximum absolute atomic E-state index is 14.2. The van der Waals surface area contributed by atoms with E-state index in [1.165, 1.54) is 29.8 Å². The van der Waals surface area contributed by atoms with Crippen LogP contribution in [0.25, 0.3) is 0 Å². The summed E-state index contributed by atoms with van der Waals surface area (Å²) in [6.45, 7) is 8.25. The number of hydrogen-bond acceptors (Lipinski definition) is 9. The number of rotatable bonds is 12. The Morgan fingerprint density at radius 3 is 2.84 bits per heavy atom. The van der Waals surface area contributed by atoms with Crippen molar-refractivity contribution >= 4 is 53.7 Å². The largest absolute Gasteiger partial charge is 0.394 e.